The number of fused-ring (bicyclic) bond motifs is 3. The van der Waals surface area contributed by atoms with Crippen molar-refractivity contribution >= 4 is 38.6 Å². The lowest BCUT2D eigenvalue weighted by Gasteiger charge is -2.30. The minimum Gasteiger partial charge on any atom is -0.395 e. The molecule has 160 valence electrons. The van der Waals surface area contributed by atoms with E-state index in [-0.39, 0.29) is 36.2 Å². The molecule has 0 radical (unpaired) electrons. The van der Waals surface area contributed by atoms with Gasteiger partial charge in [0.1, 0.15) is 0 Å². The van der Waals surface area contributed by atoms with Gasteiger partial charge in [0.25, 0.3) is 21.6 Å². The van der Waals surface area contributed by atoms with Crippen molar-refractivity contribution in [2.75, 3.05) is 17.5 Å². The Morgan fingerprint density at radius 2 is 1.90 bits per heavy atom. The van der Waals surface area contributed by atoms with E-state index >= 15 is 0 Å². The molecular formula is C20H17N3O6S2. The second-order valence-corrected chi connectivity index (χ2v) is 9.64. The molecule has 0 unspecified atom stereocenters. The Kier molecular flexibility index (Phi) is 5.48. The van der Waals surface area contributed by atoms with Crippen molar-refractivity contribution in [3.05, 3.63) is 75.2 Å². The Balaban J connectivity index is 1.75. The highest BCUT2D eigenvalue weighted by Crippen LogP contribution is 2.45. The maximum absolute atomic E-state index is 13.4. The number of aliphatic hydroxyl groups is 1. The van der Waals surface area contributed by atoms with Gasteiger partial charge in [-0.1, -0.05) is 18.2 Å². The van der Waals surface area contributed by atoms with Gasteiger partial charge in [-0.25, -0.2) is 8.42 Å². The van der Waals surface area contributed by atoms with E-state index in [4.69, 9.17) is 5.11 Å². The second kappa shape index (κ2) is 8.10. The smallest absolute Gasteiger partial charge is 0.269 e. The van der Waals surface area contributed by atoms with Crippen molar-refractivity contribution in [2.24, 2.45) is 0 Å². The number of hydrogen-bond acceptors (Lipinski definition) is 7. The largest absolute Gasteiger partial charge is 0.395 e. The number of non-ortho nitro benzene ring substituents is 1. The van der Waals surface area contributed by atoms with Crippen LogP contribution in [-0.4, -0.2) is 37.5 Å². The highest BCUT2D eigenvalue weighted by molar-refractivity contribution is 7.92. The predicted octanol–water partition coefficient (Wildman–Crippen LogP) is 2.75. The van der Waals surface area contributed by atoms with E-state index in [1.165, 1.54) is 27.8 Å². The molecule has 11 heteroatoms. The third-order valence-electron chi connectivity index (χ3n) is 4.80. The molecule has 1 aliphatic heterocycles. The van der Waals surface area contributed by atoms with Crippen LogP contribution in [0.1, 0.15) is 15.2 Å². The number of sulfonamides is 1. The molecule has 0 fully saturated rings. The number of aliphatic hydroxyl groups excluding tert-OH is 1. The number of hydrogen-bond donors (Lipinski definition) is 2. The number of benzene rings is 2. The van der Waals surface area contributed by atoms with Gasteiger partial charge in [-0.3, -0.25) is 19.2 Å². The quantitative estimate of drug-likeness (QED) is 0.431. The topological polar surface area (TPSA) is 130 Å². The fourth-order valence-electron chi connectivity index (χ4n) is 3.35. The van der Waals surface area contributed by atoms with Crippen LogP contribution in [0.15, 0.2) is 59.5 Å². The van der Waals surface area contributed by atoms with E-state index in [0.29, 0.717) is 21.7 Å². The number of para-hydroxylation sites is 1. The highest BCUT2D eigenvalue weighted by atomic mass is 32.2. The van der Waals surface area contributed by atoms with Gasteiger partial charge in [-0.05, 0) is 29.8 Å². The van der Waals surface area contributed by atoms with Crippen LogP contribution >= 0.6 is 11.3 Å². The van der Waals surface area contributed by atoms with Crippen LogP contribution in [0.3, 0.4) is 0 Å². The first-order valence-corrected chi connectivity index (χ1v) is 11.5. The Hall–Kier alpha value is -3.28. The van der Waals surface area contributed by atoms with E-state index < -0.39 is 14.9 Å². The van der Waals surface area contributed by atoms with Gasteiger partial charge < -0.3 is 10.4 Å². The summed E-state index contributed by atoms with van der Waals surface area (Å²) in [5, 5.41) is 22.4. The number of anilines is 1. The number of nitrogens with one attached hydrogen (secondary N) is 1. The first kappa shape index (κ1) is 21.0. The third kappa shape index (κ3) is 3.78. The van der Waals surface area contributed by atoms with Crippen LogP contribution in [0.4, 0.5) is 11.4 Å². The van der Waals surface area contributed by atoms with Gasteiger partial charge in [0, 0.05) is 29.1 Å². The zero-order chi connectivity index (χ0) is 22.2. The number of carbonyl (C=O) groups is 1. The van der Waals surface area contributed by atoms with E-state index in [0.717, 1.165) is 17.0 Å². The van der Waals surface area contributed by atoms with Gasteiger partial charge in [-0.15, -0.1) is 11.3 Å². The van der Waals surface area contributed by atoms with Crippen LogP contribution in [0.25, 0.3) is 10.4 Å². The number of rotatable bonds is 6. The Labute approximate surface area is 181 Å². The van der Waals surface area contributed by atoms with Gasteiger partial charge in [-0.2, -0.15) is 0 Å². The molecule has 1 amide bonds. The minimum atomic E-state index is -4.00. The van der Waals surface area contributed by atoms with Crippen LogP contribution in [-0.2, 0) is 16.6 Å². The maximum Gasteiger partial charge on any atom is 0.269 e. The monoisotopic (exact) mass is 459 g/mol. The number of thiophene rings is 1. The number of nitro benzene ring substituents is 1. The first-order valence-electron chi connectivity index (χ1n) is 9.21. The van der Waals surface area contributed by atoms with Crippen molar-refractivity contribution in [1.82, 2.24) is 5.32 Å². The van der Waals surface area contributed by atoms with E-state index in [1.54, 1.807) is 30.3 Å². The molecule has 0 aliphatic carbocycles. The predicted molar refractivity (Wildman–Crippen MR) is 116 cm³/mol. The summed E-state index contributed by atoms with van der Waals surface area (Å²) in [5.41, 5.74) is 1.64. The molecule has 2 heterocycles. The minimum absolute atomic E-state index is 0.0233. The Bertz CT molecular complexity index is 1270. The second-order valence-electron chi connectivity index (χ2n) is 6.72. The van der Waals surface area contributed by atoms with Gasteiger partial charge in [0.15, 0.2) is 0 Å². The molecular weight excluding hydrogens is 442 g/mol. The summed E-state index contributed by atoms with van der Waals surface area (Å²) in [4.78, 5) is 23.8. The van der Waals surface area contributed by atoms with E-state index in [1.807, 2.05) is 0 Å². The van der Waals surface area contributed by atoms with Gasteiger partial charge >= 0.3 is 0 Å². The molecule has 0 atom stereocenters. The van der Waals surface area contributed by atoms with E-state index in [9.17, 15) is 23.3 Å². The fraction of sp³-hybridized carbons (Fsp3) is 0.150. The average molecular weight is 460 g/mol. The molecule has 0 saturated heterocycles. The van der Waals surface area contributed by atoms with Crippen LogP contribution in [0.2, 0.25) is 0 Å². The lowest BCUT2D eigenvalue weighted by molar-refractivity contribution is -0.384. The molecule has 1 aliphatic rings. The molecule has 31 heavy (non-hydrogen) atoms. The molecule has 0 bridgehead atoms. The van der Waals surface area contributed by atoms with Gasteiger partial charge in [0.05, 0.1) is 33.5 Å². The lowest BCUT2D eigenvalue weighted by atomic mass is 10.0. The van der Waals surface area contributed by atoms with E-state index in [2.05, 4.69) is 5.32 Å². The number of nitrogens with zero attached hydrogens (tertiary/aromatic N) is 2. The Morgan fingerprint density at radius 1 is 1.19 bits per heavy atom. The summed E-state index contributed by atoms with van der Waals surface area (Å²) in [5.74, 6) is -0.337. The van der Waals surface area contributed by atoms with Crippen LogP contribution < -0.4 is 9.62 Å². The summed E-state index contributed by atoms with van der Waals surface area (Å²) < 4.78 is 28.0. The van der Waals surface area contributed by atoms with Crippen molar-refractivity contribution in [2.45, 2.75) is 11.4 Å². The summed E-state index contributed by atoms with van der Waals surface area (Å²) in [6, 6.07) is 13.4. The molecule has 3 aromatic rings. The number of amides is 1. The highest BCUT2D eigenvalue weighted by Gasteiger charge is 2.33. The molecule has 1 aromatic heterocycles. The van der Waals surface area contributed by atoms with Crippen molar-refractivity contribution in [3.63, 3.8) is 0 Å². The third-order valence-corrected chi connectivity index (χ3v) is 7.78. The van der Waals surface area contributed by atoms with Crippen molar-refractivity contribution in [3.8, 4) is 10.4 Å². The van der Waals surface area contributed by atoms with Crippen molar-refractivity contribution in [1.29, 1.82) is 0 Å². The summed E-state index contributed by atoms with van der Waals surface area (Å²) >= 11 is 1.26. The zero-order valence-electron chi connectivity index (χ0n) is 16.0. The SMILES string of the molecule is O=C(NCCO)c1cc2c(s1)-c1ccccc1N(S(=O)(=O)c1ccc([N+](=O)[O-])cc1)C2. The summed E-state index contributed by atoms with van der Waals surface area (Å²) in [6.45, 7) is -0.0327. The average Bonchev–Trinajstić information content (AvgIpc) is 3.21. The fourth-order valence-corrected chi connectivity index (χ4v) is 5.93. The van der Waals surface area contributed by atoms with Crippen LogP contribution in [0, 0.1) is 10.1 Å². The Morgan fingerprint density at radius 3 is 2.58 bits per heavy atom. The van der Waals surface area contributed by atoms with Crippen molar-refractivity contribution < 1.29 is 23.2 Å². The number of carbonyl (C=O) groups excluding carboxylic acids is 1. The normalized spacial score (nSPS) is 12.7. The standard InChI is InChI=1S/C20H17N3O6S2/c24-10-9-21-20(25)18-11-13-12-22(17-4-2-1-3-16(17)19(13)30-18)31(28,29)15-7-5-14(6-8-15)23(26)27/h1-8,11,24H,9-10,12H2,(H,21,25). The maximum atomic E-state index is 13.4. The molecule has 9 nitrogen and oxygen atoms in total. The number of nitro groups is 1. The summed E-state index contributed by atoms with van der Waals surface area (Å²) in [6.07, 6.45) is 0. The molecule has 0 saturated carbocycles. The molecule has 2 aromatic carbocycles. The first-order chi connectivity index (χ1) is 14.8. The lowest BCUT2D eigenvalue weighted by Crippen LogP contribution is -2.32. The zero-order valence-corrected chi connectivity index (χ0v) is 17.6. The molecule has 2 N–H and O–H groups in total. The summed E-state index contributed by atoms with van der Waals surface area (Å²) in [7, 11) is -4.00. The molecule has 4 rings (SSSR count). The van der Waals surface area contributed by atoms with Gasteiger partial charge in [0.2, 0.25) is 0 Å². The van der Waals surface area contributed by atoms with Crippen LogP contribution in [0.5, 0.6) is 0 Å². The molecule has 0 spiro atoms.